The lowest BCUT2D eigenvalue weighted by Gasteiger charge is -2.33. The molecule has 1 aromatic heterocycles. The fourth-order valence-corrected chi connectivity index (χ4v) is 3.19. The Morgan fingerprint density at radius 2 is 2.18 bits per heavy atom. The van der Waals surface area contributed by atoms with Crippen LogP contribution in [0.3, 0.4) is 0 Å². The Labute approximate surface area is 132 Å². The number of hydrogen-bond donors (Lipinski definition) is 0. The van der Waals surface area contributed by atoms with Crippen LogP contribution in [0.5, 0.6) is 0 Å². The van der Waals surface area contributed by atoms with Crippen molar-refractivity contribution >= 4 is 0 Å². The van der Waals surface area contributed by atoms with Gasteiger partial charge in [-0.3, -0.25) is 0 Å². The molecule has 1 aromatic rings. The molecule has 0 bridgehead atoms. The van der Waals surface area contributed by atoms with Gasteiger partial charge < -0.3 is 4.90 Å². The van der Waals surface area contributed by atoms with Crippen LogP contribution in [0.25, 0.3) is 0 Å². The number of rotatable bonds is 6. The smallest absolute Gasteiger partial charge is 0.147 e. The molecule has 0 unspecified atom stereocenters. The molecule has 0 N–H and O–H groups in total. The number of aromatic nitrogens is 3. The Bertz CT molecular complexity index is 564. The average Bonchev–Trinajstić information content (AvgIpc) is 2.81. The number of aryl methyl sites for hydroxylation is 2. The molecule has 6 heteroatoms. The molecule has 0 radical (unpaired) electrons. The van der Waals surface area contributed by atoms with Crippen molar-refractivity contribution in [1.29, 1.82) is 10.5 Å². The van der Waals surface area contributed by atoms with Gasteiger partial charge in [0, 0.05) is 26.1 Å². The SMILES string of the molecule is Cc1nc(C)n(C[C@H]2CCCN(C[C@H](C#N)CCC#N)C2)n1. The van der Waals surface area contributed by atoms with Crippen LogP contribution in [0, 0.1) is 48.3 Å². The highest BCUT2D eigenvalue weighted by Gasteiger charge is 2.23. The zero-order valence-corrected chi connectivity index (χ0v) is 13.5. The van der Waals surface area contributed by atoms with Crippen LogP contribution < -0.4 is 0 Å². The number of likely N-dealkylation sites (tertiary alicyclic amines) is 1. The maximum absolute atomic E-state index is 9.22. The predicted octanol–water partition coefficient (Wildman–Crippen LogP) is 2.05. The van der Waals surface area contributed by atoms with Crippen molar-refractivity contribution in [2.45, 2.75) is 46.1 Å². The zero-order valence-electron chi connectivity index (χ0n) is 13.5. The highest BCUT2D eigenvalue weighted by molar-refractivity contribution is 4.91. The molecular weight excluding hydrogens is 276 g/mol. The second-order valence-electron chi connectivity index (χ2n) is 6.18. The van der Waals surface area contributed by atoms with E-state index < -0.39 is 0 Å². The minimum atomic E-state index is -0.0336. The minimum absolute atomic E-state index is 0.0336. The van der Waals surface area contributed by atoms with Crippen LogP contribution in [-0.2, 0) is 6.54 Å². The molecule has 2 rings (SSSR count). The van der Waals surface area contributed by atoms with Crippen LogP contribution in [0.15, 0.2) is 0 Å². The average molecular weight is 300 g/mol. The van der Waals surface area contributed by atoms with Crippen LogP contribution in [0.1, 0.15) is 37.3 Å². The maximum atomic E-state index is 9.22. The molecule has 1 fully saturated rings. The van der Waals surface area contributed by atoms with E-state index in [4.69, 9.17) is 5.26 Å². The minimum Gasteiger partial charge on any atom is -0.302 e. The van der Waals surface area contributed by atoms with Crippen LogP contribution in [0.4, 0.5) is 0 Å². The zero-order chi connectivity index (χ0) is 15.9. The summed E-state index contributed by atoms with van der Waals surface area (Å²) >= 11 is 0. The summed E-state index contributed by atoms with van der Waals surface area (Å²) in [5.74, 6) is 2.32. The van der Waals surface area contributed by atoms with Gasteiger partial charge in [-0.2, -0.15) is 15.6 Å². The standard InChI is InChI=1S/C16H24N6/c1-13-19-14(2)22(20-13)12-16-6-4-8-21(11-16)10-15(9-18)5-3-7-17/h15-16H,3-6,8,10-12H2,1-2H3/t15-,16-/m0/s1. The number of hydrogen-bond acceptors (Lipinski definition) is 5. The van der Waals surface area contributed by atoms with Gasteiger partial charge in [0.05, 0.1) is 18.1 Å². The number of nitriles is 2. The third kappa shape index (κ3) is 4.54. The molecule has 2 heterocycles. The summed E-state index contributed by atoms with van der Waals surface area (Å²) in [6.07, 6.45) is 3.50. The second-order valence-corrected chi connectivity index (χ2v) is 6.18. The van der Waals surface area contributed by atoms with Gasteiger partial charge >= 0.3 is 0 Å². The van der Waals surface area contributed by atoms with E-state index in [1.165, 1.54) is 6.42 Å². The molecule has 22 heavy (non-hydrogen) atoms. The van der Waals surface area contributed by atoms with Gasteiger partial charge in [-0.25, -0.2) is 9.67 Å². The van der Waals surface area contributed by atoms with Gasteiger partial charge in [0.25, 0.3) is 0 Å². The van der Waals surface area contributed by atoms with Crippen molar-refractivity contribution in [3.05, 3.63) is 11.6 Å². The molecule has 0 amide bonds. The molecule has 0 saturated carbocycles. The largest absolute Gasteiger partial charge is 0.302 e. The van der Waals surface area contributed by atoms with Crippen LogP contribution in [0.2, 0.25) is 0 Å². The Hall–Kier alpha value is -1.92. The molecular formula is C16H24N6. The summed E-state index contributed by atoms with van der Waals surface area (Å²) in [5, 5.41) is 22.3. The third-order valence-corrected chi connectivity index (χ3v) is 4.26. The number of nitrogens with zero attached hydrogens (tertiary/aromatic N) is 6. The first-order valence-corrected chi connectivity index (χ1v) is 7.99. The third-order valence-electron chi connectivity index (χ3n) is 4.26. The second kappa shape index (κ2) is 7.91. The van der Waals surface area contributed by atoms with E-state index in [0.29, 0.717) is 18.8 Å². The molecule has 6 nitrogen and oxygen atoms in total. The summed E-state index contributed by atoms with van der Waals surface area (Å²) in [4.78, 5) is 6.73. The topological polar surface area (TPSA) is 81.5 Å². The van der Waals surface area contributed by atoms with Crippen LogP contribution >= 0.6 is 0 Å². The molecule has 1 aliphatic rings. The quantitative estimate of drug-likeness (QED) is 0.803. The molecule has 1 saturated heterocycles. The Morgan fingerprint density at radius 3 is 2.82 bits per heavy atom. The van der Waals surface area contributed by atoms with E-state index in [1.54, 1.807) is 0 Å². The Kier molecular flexibility index (Phi) is 5.91. The molecule has 0 spiro atoms. The highest BCUT2D eigenvalue weighted by atomic mass is 15.3. The van der Waals surface area contributed by atoms with Crippen molar-refractivity contribution in [3.8, 4) is 12.1 Å². The first-order chi connectivity index (χ1) is 10.6. The lowest BCUT2D eigenvalue weighted by molar-refractivity contribution is 0.146. The number of piperidine rings is 1. The van der Waals surface area contributed by atoms with Gasteiger partial charge in [-0.1, -0.05) is 0 Å². The van der Waals surface area contributed by atoms with E-state index in [-0.39, 0.29) is 5.92 Å². The maximum Gasteiger partial charge on any atom is 0.147 e. The van der Waals surface area contributed by atoms with Crippen molar-refractivity contribution in [3.63, 3.8) is 0 Å². The van der Waals surface area contributed by atoms with Gasteiger partial charge in [-0.05, 0) is 45.6 Å². The van der Waals surface area contributed by atoms with E-state index in [0.717, 1.165) is 44.2 Å². The van der Waals surface area contributed by atoms with Crippen molar-refractivity contribution in [2.24, 2.45) is 11.8 Å². The summed E-state index contributed by atoms with van der Waals surface area (Å²) in [6.45, 7) is 7.65. The summed E-state index contributed by atoms with van der Waals surface area (Å²) in [5.41, 5.74) is 0. The van der Waals surface area contributed by atoms with Crippen LogP contribution in [-0.4, -0.2) is 39.3 Å². The highest BCUT2D eigenvalue weighted by Crippen LogP contribution is 2.20. The monoisotopic (exact) mass is 300 g/mol. The molecule has 1 aliphatic heterocycles. The van der Waals surface area contributed by atoms with E-state index in [1.807, 2.05) is 18.5 Å². The summed E-state index contributed by atoms with van der Waals surface area (Å²) in [6, 6.07) is 4.47. The summed E-state index contributed by atoms with van der Waals surface area (Å²) in [7, 11) is 0. The first-order valence-electron chi connectivity index (χ1n) is 7.99. The van der Waals surface area contributed by atoms with E-state index in [9.17, 15) is 5.26 Å². The first kappa shape index (κ1) is 16.5. The molecule has 2 atom stereocenters. The Morgan fingerprint density at radius 1 is 1.36 bits per heavy atom. The molecule has 0 aromatic carbocycles. The summed E-state index contributed by atoms with van der Waals surface area (Å²) < 4.78 is 2.00. The molecule has 118 valence electrons. The normalized spacial score (nSPS) is 20.3. The van der Waals surface area contributed by atoms with Gasteiger partial charge in [0.15, 0.2) is 0 Å². The van der Waals surface area contributed by atoms with Gasteiger partial charge in [-0.15, -0.1) is 0 Å². The Balaban J connectivity index is 1.87. The predicted molar refractivity (Wildman–Crippen MR) is 82.6 cm³/mol. The molecule has 0 aliphatic carbocycles. The van der Waals surface area contributed by atoms with Gasteiger partial charge in [0.1, 0.15) is 11.6 Å². The van der Waals surface area contributed by atoms with E-state index >= 15 is 0 Å². The lowest BCUT2D eigenvalue weighted by Crippen LogP contribution is -2.39. The van der Waals surface area contributed by atoms with E-state index in [2.05, 4.69) is 27.1 Å². The van der Waals surface area contributed by atoms with Crippen molar-refractivity contribution < 1.29 is 0 Å². The lowest BCUT2D eigenvalue weighted by atomic mass is 9.96. The fraction of sp³-hybridized carbons (Fsp3) is 0.750. The van der Waals surface area contributed by atoms with Gasteiger partial charge in [0.2, 0.25) is 0 Å². The fourth-order valence-electron chi connectivity index (χ4n) is 3.19. The van der Waals surface area contributed by atoms with Crippen molar-refractivity contribution in [2.75, 3.05) is 19.6 Å². The van der Waals surface area contributed by atoms with Crippen molar-refractivity contribution in [1.82, 2.24) is 19.7 Å².